The first-order chi connectivity index (χ1) is 5.33. The highest BCUT2D eigenvalue weighted by Crippen LogP contribution is 2.00. The van der Waals surface area contributed by atoms with Gasteiger partial charge in [-0.25, -0.2) is 0 Å². The van der Waals surface area contributed by atoms with Gasteiger partial charge in [-0.05, 0) is 20.0 Å². The van der Waals surface area contributed by atoms with Crippen LogP contribution in [0, 0.1) is 0 Å². The van der Waals surface area contributed by atoms with Gasteiger partial charge in [-0.1, -0.05) is 22.6 Å². The van der Waals surface area contributed by atoms with Crippen molar-refractivity contribution in [1.82, 2.24) is 9.80 Å². The maximum atomic E-state index is 2.57. The summed E-state index contributed by atoms with van der Waals surface area (Å²) in [5, 5.41) is 0. The van der Waals surface area contributed by atoms with E-state index in [1.807, 2.05) is 0 Å². The summed E-state index contributed by atoms with van der Waals surface area (Å²) >= 11 is 2.45. The highest BCUT2D eigenvalue weighted by molar-refractivity contribution is 14.1. The van der Waals surface area contributed by atoms with Crippen molar-refractivity contribution in [2.24, 2.45) is 0 Å². The fourth-order valence-electron chi connectivity index (χ4n) is 1.35. The van der Waals surface area contributed by atoms with E-state index >= 15 is 0 Å². The van der Waals surface area contributed by atoms with E-state index in [1.54, 1.807) is 0 Å². The minimum Gasteiger partial charge on any atom is -0.304 e. The van der Waals surface area contributed by atoms with Crippen LogP contribution in [-0.2, 0) is 0 Å². The molecule has 0 N–H and O–H groups in total. The Balaban J connectivity index is 0.00000121. The number of rotatable bonds is 3. The van der Waals surface area contributed by atoms with Gasteiger partial charge in [-0.3, -0.25) is 0 Å². The third-order valence-electron chi connectivity index (χ3n) is 2.20. The van der Waals surface area contributed by atoms with Crippen molar-refractivity contribution in [3.8, 4) is 0 Å². The molecule has 0 aromatic heterocycles. The van der Waals surface area contributed by atoms with Gasteiger partial charge in [0.25, 0.3) is 0 Å². The normalized spacial score (nSPS) is 20.5. The molecule has 0 bridgehead atoms. The largest absolute Gasteiger partial charge is 0.304 e. The van der Waals surface area contributed by atoms with Gasteiger partial charge in [0.1, 0.15) is 0 Å². The first-order valence-corrected chi connectivity index (χ1v) is 5.82. The van der Waals surface area contributed by atoms with Crippen LogP contribution in [0.25, 0.3) is 0 Å². The molecule has 0 unspecified atom stereocenters. The number of piperazine rings is 1. The maximum absolute atomic E-state index is 2.57. The molecule has 1 heterocycles. The van der Waals surface area contributed by atoms with E-state index in [4.69, 9.17) is 0 Å². The molecule has 1 fully saturated rings. The maximum Gasteiger partial charge on any atom is 0.0110 e. The smallest absolute Gasteiger partial charge is 0.0110 e. The SMILES string of the molecule is CN1CCN(CCCI)CC1.I. The molecule has 12 heavy (non-hydrogen) atoms. The predicted molar refractivity (Wildman–Crippen MR) is 72.9 cm³/mol. The molecule has 0 aliphatic carbocycles. The number of hydrogen-bond acceptors (Lipinski definition) is 2. The van der Waals surface area contributed by atoms with Gasteiger partial charge in [0.15, 0.2) is 0 Å². The van der Waals surface area contributed by atoms with Crippen molar-refractivity contribution < 1.29 is 0 Å². The van der Waals surface area contributed by atoms with Crippen LogP contribution >= 0.6 is 46.6 Å². The molecule has 4 heteroatoms. The zero-order valence-corrected chi connectivity index (χ0v) is 12.1. The van der Waals surface area contributed by atoms with Gasteiger partial charge < -0.3 is 9.80 Å². The summed E-state index contributed by atoms with van der Waals surface area (Å²) in [5.41, 5.74) is 0. The third kappa shape index (κ3) is 5.18. The molecule has 1 rings (SSSR count). The molecular weight excluding hydrogens is 378 g/mol. The molecule has 0 amide bonds. The van der Waals surface area contributed by atoms with E-state index in [-0.39, 0.29) is 24.0 Å². The second-order valence-electron chi connectivity index (χ2n) is 3.19. The minimum atomic E-state index is 0. The molecule has 1 aliphatic heterocycles. The van der Waals surface area contributed by atoms with Crippen molar-refractivity contribution >= 4 is 46.6 Å². The van der Waals surface area contributed by atoms with Crippen LogP contribution in [0.4, 0.5) is 0 Å². The molecular formula is C8H18I2N2. The van der Waals surface area contributed by atoms with Gasteiger partial charge >= 0.3 is 0 Å². The number of hydrogen-bond donors (Lipinski definition) is 0. The molecule has 1 saturated heterocycles. The molecule has 74 valence electrons. The predicted octanol–water partition coefficient (Wildman–Crippen LogP) is 1.68. The van der Waals surface area contributed by atoms with Crippen molar-refractivity contribution in [1.29, 1.82) is 0 Å². The van der Waals surface area contributed by atoms with Crippen LogP contribution in [0.3, 0.4) is 0 Å². The lowest BCUT2D eigenvalue weighted by atomic mass is 10.3. The Labute approximate surface area is 106 Å². The highest BCUT2D eigenvalue weighted by atomic mass is 127. The van der Waals surface area contributed by atoms with E-state index in [1.165, 1.54) is 43.6 Å². The van der Waals surface area contributed by atoms with Gasteiger partial charge in [-0.15, -0.1) is 24.0 Å². The fourth-order valence-corrected chi connectivity index (χ4v) is 1.70. The summed E-state index contributed by atoms with van der Waals surface area (Å²) in [6.07, 6.45) is 1.35. The first-order valence-electron chi connectivity index (χ1n) is 4.30. The standard InChI is InChI=1S/C8H17IN2.HI/c1-10-5-7-11(8-6-10)4-2-3-9;/h2-8H2,1H3;1H. The number of nitrogens with zero attached hydrogens (tertiary/aromatic N) is 2. The van der Waals surface area contributed by atoms with Gasteiger partial charge in [0.2, 0.25) is 0 Å². The van der Waals surface area contributed by atoms with Gasteiger partial charge in [0, 0.05) is 30.6 Å². The van der Waals surface area contributed by atoms with Crippen LogP contribution in [0.5, 0.6) is 0 Å². The average Bonchev–Trinajstić information content (AvgIpc) is 2.04. The van der Waals surface area contributed by atoms with Crippen molar-refractivity contribution in [2.75, 3.05) is 44.2 Å². The summed E-state index contributed by atoms with van der Waals surface area (Å²) in [4.78, 5) is 4.97. The molecule has 0 atom stereocenters. The van der Waals surface area contributed by atoms with E-state index in [0.717, 1.165) is 0 Å². The van der Waals surface area contributed by atoms with Crippen LogP contribution in [0.1, 0.15) is 6.42 Å². The lowest BCUT2D eigenvalue weighted by Crippen LogP contribution is -2.44. The van der Waals surface area contributed by atoms with Crippen molar-refractivity contribution in [2.45, 2.75) is 6.42 Å². The van der Waals surface area contributed by atoms with Crippen LogP contribution in [0.15, 0.2) is 0 Å². The first kappa shape index (κ1) is 13.4. The Morgan fingerprint density at radius 1 is 1.17 bits per heavy atom. The van der Waals surface area contributed by atoms with Crippen LogP contribution in [-0.4, -0.2) is 54.0 Å². The zero-order chi connectivity index (χ0) is 8.10. The Hall–Kier alpha value is 1.38. The quantitative estimate of drug-likeness (QED) is 0.530. The molecule has 0 spiro atoms. The molecule has 1 aliphatic rings. The second-order valence-corrected chi connectivity index (χ2v) is 4.27. The molecule has 2 nitrogen and oxygen atoms in total. The van der Waals surface area contributed by atoms with Crippen molar-refractivity contribution in [3.63, 3.8) is 0 Å². The van der Waals surface area contributed by atoms with E-state index in [9.17, 15) is 0 Å². The monoisotopic (exact) mass is 396 g/mol. The molecule has 0 aromatic carbocycles. The van der Waals surface area contributed by atoms with E-state index in [2.05, 4.69) is 39.4 Å². The number of alkyl halides is 1. The van der Waals surface area contributed by atoms with Gasteiger partial charge in [0.05, 0.1) is 0 Å². The molecule has 0 saturated carbocycles. The van der Waals surface area contributed by atoms with Crippen LogP contribution < -0.4 is 0 Å². The Morgan fingerprint density at radius 3 is 2.25 bits per heavy atom. The second kappa shape index (κ2) is 7.75. The summed E-state index contributed by atoms with van der Waals surface area (Å²) in [6, 6.07) is 0. The number of halogens is 2. The Morgan fingerprint density at radius 2 is 1.75 bits per heavy atom. The van der Waals surface area contributed by atoms with E-state index < -0.39 is 0 Å². The lowest BCUT2D eigenvalue weighted by Gasteiger charge is -2.32. The lowest BCUT2D eigenvalue weighted by molar-refractivity contribution is 0.155. The Kier molecular flexibility index (Phi) is 8.64. The highest BCUT2D eigenvalue weighted by Gasteiger charge is 2.11. The number of likely N-dealkylation sites (N-methyl/N-ethyl adjacent to an activating group) is 1. The topological polar surface area (TPSA) is 6.48 Å². The zero-order valence-electron chi connectivity index (χ0n) is 7.63. The molecule has 0 radical (unpaired) electrons. The third-order valence-corrected chi connectivity index (χ3v) is 2.97. The average molecular weight is 396 g/mol. The summed E-state index contributed by atoms with van der Waals surface area (Å²) in [7, 11) is 2.20. The van der Waals surface area contributed by atoms with Crippen molar-refractivity contribution in [3.05, 3.63) is 0 Å². The van der Waals surface area contributed by atoms with E-state index in [0.29, 0.717) is 0 Å². The molecule has 0 aromatic rings. The summed E-state index contributed by atoms with van der Waals surface area (Å²) < 4.78 is 1.30. The summed E-state index contributed by atoms with van der Waals surface area (Å²) in [5.74, 6) is 0. The summed E-state index contributed by atoms with van der Waals surface area (Å²) in [6.45, 7) is 6.35. The minimum absolute atomic E-state index is 0. The Bertz CT molecular complexity index is 100. The fraction of sp³-hybridized carbons (Fsp3) is 1.00. The van der Waals surface area contributed by atoms with Gasteiger partial charge in [-0.2, -0.15) is 0 Å². The van der Waals surface area contributed by atoms with Crippen LogP contribution in [0.2, 0.25) is 0 Å².